The van der Waals surface area contributed by atoms with Gasteiger partial charge < -0.3 is 20.1 Å². The Labute approximate surface area is 149 Å². The molecule has 2 aromatic rings. The normalized spacial score (nSPS) is 11.9. The van der Waals surface area contributed by atoms with E-state index in [2.05, 4.69) is 5.43 Å². The summed E-state index contributed by atoms with van der Waals surface area (Å²) in [6, 6.07) is 4.52. The van der Waals surface area contributed by atoms with Gasteiger partial charge in [-0.1, -0.05) is 11.6 Å². The molecule has 0 saturated heterocycles. The summed E-state index contributed by atoms with van der Waals surface area (Å²) in [5, 5.41) is 10.0. The van der Waals surface area contributed by atoms with Crippen LogP contribution < -0.4 is 5.43 Å². The van der Waals surface area contributed by atoms with Gasteiger partial charge in [0, 0.05) is 23.0 Å². The van der Waals surface area contributed by atoms with Gasteiger partial charge in [0.05, 0.1) is 24.6 Å². The number of hydrogen-bond donors (Lipinski definition) is 2. The first-order valence-corrected chi connectivity index (χ1v) is 8.21. The predicted molar refractivity (Wildman–Crippen MR) is 93.4 cm³/mol. The number of fused-ring (bicyclic) bond motifs is 1. The Morgan fingerprint density at radius 2 is 2.20 bits per heavy atom. The highest BCUT2D eigenvalue weighted by molar-refractivity contribution is 6.31. The molecule has 0 aliphatic carbocycles. The minimum absolute atomic E-state index is 0.0697. The summed E-state index contributed by atoms with van der Waals surface area (Å²) in [6.07, 6.45) is 2.45. The SMILES string of the molecule is CCOC(=O)Cc1cn(N[C@H](C=O)CCC(=O)O)c2ccc(Cl)cc12. The van der Waals surface area contributed by atoms with E-state index in [1.54, 1.807) is 36.0 Å². The summed E-state index contributed by atoms with van der Waals surface area (Å²) < 4.78 is 6.59. The van der Waals surface area contributed by atoms with Crippen LogP contribution >= 0.6 is 11.6 Å². The number of benzene rings is 1. The monoisotopic (exact) mass is 366 g/mol. The van der Waals surface area contributed by atoms with Crippen LogP contribution in [0.4, 0.5) is 0 Å². The van der Waals surface area contributed by atoms with E-state index in [1.807, 2.05) is 0 Å². The van der Waals surface area contributed by atoms with E-state index in [0.717, 1.165) is 10.9 Å². The number of esters is 1. The largest absolute Gasteiger partial charge is 0.481 e. The van der Waals surface area contributed by atoms with Crippen molar-refractivity contribution in [3.8, 4) is 0 Å². The van der Waals surface area contributed by atoms with Crippen molar-refractivity contribution in [3.63, 3.8) is 0 Å². The highest BCUT2D eigenvalue weighted by Crippen LogP contribution is 2.25. The lowest BCUT2D eigenvalue weighted by molar-refractivity contribution is -0.142. The van der Waals surface area contributed by atoms with Crippen LogP contribution in [0.5, 0.6) is 0 Å². The molecule has 0 unspecified atom stereocenters. The summed E-state index contributed by atoms with van der Waals surface area (Å²) >= 11 is 6.05. The van der Waals surface area contributed by atoms with Crippen molar-refractivity contribution < 1.29 is 24.2 Å². The molecule has 0 bridgehead atoms. The van der Waals surface area contributed by atoms with Gasteiger partial charge in [-0.3, -0.25) is 14.3 Å². The lowest BCUT2D eigenvalue weighted by Gasteiger charge is -2.15. The van der Waals surface area contributed by atoms with Crippen LogP contribution in [0.15, 0.2) is 24.4 Å². The number of carboxylic acids is 1. The molecule has 0 fully saturated rings. The third-order valence-corrected chi connectivity index (χ3v) is 3.86. The maximum absolute atomic E-state index is 11.8. The molecule has 1 atom stereocenters. The Bertz CT molecular complexity index is 787. The molecule has 2 N–H and O–H groups in total. The first-order chi connectivity index (χ1) is 11.9. The fourth-order valence-electron chi connectivity index (χ4n) is 2.51. The fourth-order valence-corrected chi connectivity index (χ4v) is 2.68. The zero-order valence-corrected chi connectivity index (χ0v) is 14.5. The van der Waals surface area contributed by atoms with Crippen LogP contribution in [0.25, 0.3) is 10.9 Å². The number of carboxylic acid groups (broad SMARTS) is 1. The second-order valence-electron chi connectivity index (χ2n) is 5.47. The number of carbonyl (C=O) groups excluding carboxylic acids is 2. The molecule has 8 heteroatoms. The first kappa shape index (κ1) is 18.8. The van der Waals surface area contributed by atoms with Crippen molar-refractivity contribution in [1.29, 1.82) is 0 Å². The number of carbonyl (C=O) groups is 3. The van der Waals surface area contributed by atoms with E-state index in [9.17, 15) is 14.4 Å². The number of aldehydes is 1. The average Bonchev–Trinajstić information content (AvgIpc) is 2.88. The minimum Gasteiger partial charge on any atom is -0.481 e. The molecule has 0 aliphatic rings. The van der Waals surface area contributed by atoms with Gasteiger partial charge in [0.1, 0.15) is 6.29 Å². The topological polar surface area (TPSA) is 97.6 Å². The van der Waals surface area contributed by atoms with Gasteiger partial charge in [0.15, 0.2) is 0 Å². The molecule has 134 valence electrons. The van der Waals surface area contributed by atoms with Gasteiger partial charge in [0.2, 0.25) is 0 Å². The second-order valence-corrected chi connectivity index (χ2v) is 5.91. The molecule has 0 aliphatic heterocycles. The van der Waals surface area contributed by atoms with Crippen LogP contribution in [0.2, 0.25) is 5.02 Å². The van der Waals surface area contributed by atoms with Crippen LogP contribution in [0.1, 0.15) is 25.3 Å². The molecule has 1 aromatic carbocycles. The molecular formula is C17H19ClN2O5. The van der Waals surface area contributed by atoms with Crippen LogP contribution in [-0.4, -0.2) is 40.7 Å². The fraction of sp³-hybridized carbons (Fsp3) is 0.353. The van der Waals surface area contributed by atoms with Crippen molar-refractivity contribution in [3.05, 3.63) is 35.0 Å². The Balaban J connectivity index is 2.31. The van der Waals surface area contributed by atoms with E-state index in [1.165, 1.54) is 0 Å². The van der Waals surface area contributed by atoms with E-state index in [-0.39, 0.29) is 25.2 Å². The van der Waals surface area contributed by atoms with Gasteiger partial charge >= 0.3 is 11.9 Å². The number of ether oxygens (including phenoxy) is 1. The van der Waals surface area contributed by atoms with Crippen molar-refractivity contribution in [2.75, 3.05) is 12.0 Å². The lowest BCUT2D eigenvalue weighted by Crippen LogP contribution is -2.29. The maximum atomic E-state index is 11.8. The lowest BCUT2D eigenvalue weighted by atomic mass is 10.1. The summed E-state index contributed by atoms with van der Waals surface area (Å²) in [4.78, 5) is 33.7. The highest BCUT2D eigenvalue weighted by Gasteiger charge is 2.16. The third-order valence-electron chi connectivity index (χ3n) is 3.63. The van der Waals surface area contributed by atoms with E-state index in [4.69, 9.17) is 21.4 Å². The molecule has 0 spiro atoms. The predicted octanol–water partition coefficient (Wildman–Crippen LogP) is 2.38. The van der Waals surface area contributed by atoms with E-state index >= 15 is 0 Å². The highest BCUT2D eigenvalue weighted by atomic mass is 35.5. The van der Waals surface area contributed by atoms with E-state index in [0.29, 0.717) is 23.5 Å². The summed E-state index contributed by atoms with van der Waals surface area (Å²) in [7, 11) is 0. The average molecular weight is 367 g/mol. The number of aromatic nitrogens is 1. The molecule has 1 aromatic heterocycles. The molecule has 0 radical (unpaired) electrons. The zero-order chi connectivity index (χ0) is 18.4. The zero-order valence-electron chi connectivity index (χ0n) is 13.7. The van der Waals surface area contributed by atoms with E-state index < -0.39 is 12.0 Å². The molecule has 2 rings (SSSR count). The first-order valence-electron chi connectivity index (χ1n) is 7.83. The van der Waals surface area contributed by atoms with Crippen LogP contribution in [0, 0.1) is 0 Å². The molecule has 0 amide bonds. The number of nitrogens with zero attached hydrogens (tertiary/aromatic N) is 1. The van der Waals surface area contributed by atoms with Gasteiger partial charge in [-0.25, -0.2) is 0 Å². The van der Waals surface area contributed by atoms with Crippen LogP contribution in [0.3, 0.4) is 0 Å². The molecule has 7 nitrogen and oxygen atoms in total. The molecule has 1 heterocycles. The number of halogens is 1. The number of rotatable bonds is 9. The Morgan fingerprint density at radius 1 is 1.44 bits per heavy atom. The van der Waals surface area contributed by atoms with Gasteiger partial charge in [-0.05, 0) is 37.1 Å². The quantitative estimate of drug-likeness (QED) is 0.522. The smallest absolute Gasteiger partial charge is 0.310 e. The minimum atomic E-state index is -0.971. The summed E-state index contributed by atoms with van der Waals surface area (Å²) in [5.41, 5.74) is 4.39. The molecule has 25 heavy (non-hydrogen) atoms. The number of aliphatic carboxylic acids is 1. The van der Waals surface area contributed by atoms with Gasteiger partial charge in [-0.2, -0.15) is 0 Å². The van der Waals surface area contributed by atoms with Gasteiger partial charge in [-0.15, -0.1) is 0 Å². The van der Waals surface area contributed by atoms with Gasteiger partial charge in [0.25, 0.3) is 0 Å². The molecular weight excluding hydrogens is 348 g/mol. The third kappa shape index (κ3) is 4.96. The van der Waals surface area contributed by atoms with Crippen molar-refractivity contribution >= 4 is 40.7 Å². The maximum Gasteiger partial charge on any atom is 0.310 e. The van der Waals surface area contributed by atoms with Crippen molar-refractivity contribution in [1.82, 2.24) is 4.68 Å². The number of hydrogen-bond acceptors (Lipinski definition) is 5. The Hall–Kier alpha value is -2.54. The number of nitrogens with one attached hydrogen (secondary N) is 1. The summed E-state index contributed by atoms with van der Waals surface area (Å²) in [5.74, 6) is -1.33. The second kappa shape index (κ2) is 8.53. The summed E-state index contributed by atoms with van der Waals surface area (Å²) in [6.45, 7) is 2.02. The van der Waals surface area contributed by atoms with Crippen LogP contribution in [-0.2, 0) is 25.5 Å². The van der Waals surface area contributed by atoms with Crippen molar-refractivity contribution in [2.24, 2.45) is 0 Å². The molecule has 0 saturated carbocycles. The standard InChI is InChI=1S/C17H19ClN2O5/c1-2-25-17(24)7-11-9-20(15-5-3-12(18)8-14(11)15)19-13(10-21)4-6-16(22)23/h3,5,8-10,13,19H,2,4,6-7H2,1H3,(H,22,23)/t13-/m0/s1. The van der Waals surface area contributed by atoms with Crippen molar-refractivity contribution in [2.45, 2.75) is 32.2 Å². The Morgan fingerprint density at radius 3 is 2.84 bits per heavy atom. The Kier molecular flexibility index (Phi) is 6.41.